The van der Waals surface area contributed by atoms with Crippen LogP contribution in [0.5, 0.6) is 0 Å². The van der Waals surface area contributed by atoms with Crippen LogP contribution in [0.25, 0.3) is 44.7 Å². The number of carbonyl (C=O) groups excluding carboxylic acids is 3. The summed E-state index contributed by atoms with van der Waals surface area (Å²) < 4.78 is 31.0. The Morgan fingerprint density at radius 1 is 0.882 bits per heavy atom. The average Bonchev–Trinajstić information content (AvgIpc) is 3.80. The van der Waals surface area contributed by atoms with E-state index in [1.54, 1.807) is 11.9 Å². The molecule has 4 fully saturated rings. The first-order valence-electron chi connectivity index (χ1n) is 24.1. The van der Waals surface area contributed by atoms with Gasteiger partial charge in [0.2, 0.25) is 5.91 Å². The number of nitrogens with zero attached hydrogens (tertiary/aromatic N) is 12. The number of imide groups is 1. The summed E-state index contributed by atoms with van der Waals surface area (Å²) in [7, 11) is 1.68. The van der Waals surface area contributed by atoms with E-state index in [1.165, 1.54) is 15.9 Å². The maximum Gasteiger partial charge on any atom is 0.409 e. The number of nitrogens with one attached hydrogen (secondary N) is 1. The molecular formula is C48H59FN14O5. The number of unbranched alkanes of at least 4 members (excludes halogenated alkanes) is 3. The number of aryl methyl sites for hydroxylation is 1. The zero-order chi connectivity index (χ0) is 47.3. The van der Waals surface area contributed by atoms with Gasteiger partial charge in [-0.3, -0.25) is 19.7 Å². The summed E-state index contributed by atoms with van der Waals surface area (Å²) in [6.07, 6.45) is 14.3. The van der Waals surface area contributed by atoms with Gasteiger partial charge in [0.05, 0.1) is 23.1 Å². The predicted molar refractivity (Wildman–Crippen MR) is 251 cm³/mol. The fourth-order valence-corrected chi connectivity index (χ4v) is 10.1. The Labute approximate surface area is 393 Å². The van der Waals surface area contributed by atoms with E-state index >= 15 is 4.39 Å². The Hall–Kier alpha value is -6.57. The van der Waals surface area contributed by atoms with Crippen molar-refractivity contribution in [2.24, 2.45) is 7.05 Å². The molecule has 5 aromatic heterocycles. The molecule has 4 amide bonds. The monoisotopic (exact) mass is 930 g/mol. The molecule has 4 aliphatic rings. The second kappa shape index (κ2) is 18.5. The molecule has 0 bridgehead atoms. The first kappa shape index (κ1) is 45.2. The number of benzene rings is 1. The number of nitrogens with two attached hydrogens (primary N) is 1. The van der Waals surface area contributed by atoms with Crippen molar-refractivity contribution in [1.82, 2.24) is 59.8 Å². The first-order chi connectivity index (χ1) is 32.8. The van der Waals surface area contributed by atoms with Gasteiger partial charge in [0.15, 0.2) is 28.9 Å². The van der Waals surface area contributed by atoms with E-state index in [0.29, 0.717) is 76.0 Å². The Bertz CT molecular complexity index is 2850. The van der Waals surface area contributed by atoms with E-state index in [1.807, 2.05) is 29.2 Å². The molecule has 3 saturated heterocycles. The highest BCUT2D eigenvalue weighted by Crippen LogP contribution is 2.48. The minimum absolute atomic E-state index is 0.0998. The van der Waals surface area contributed by atoms with E-state index in [4.69, 9.17) is 30.1 Å². The topological polar surface area (TPSA) is 221 Å². The number of carbonyl (C=O) groups is 3. The summed E-state index contributed by atoms with van der Waals surface area (Å²) in [5.74, 6) is 1.88. The van der Waals surface area contributed by atoms with Gasteiger partial charge >= 0.3 is 12.1 Å². The van der Waals surface area contributed by atoms with Crippen LogP contribution in [0.15, 0.2) is 35.4 Å². The molecule has 20 heteroatoms. The van der Waals surface area contributed by atoms with E-state index < -0.39 is 6.03 Å². The summed E-state index contributed by atoms with van der Waals surface area (Å²) in [6, 6.07) is 3.15. The number of urea groups is 1. The van der Waals surface area contributed by atoms with Crippen molar-refractivity contribution >= 4 is 51.6 Å². The first-order valence-corrected chi connectivity index (χ1v) is 24.1. The minimum Gasteiger partial charge on any atom is -0.449 e. The number of halogens is 1. The van der Waals surface area contributed by atoms with Crippen LogP contribution in [0.4, 0.5) is 25.6 Å². The molecule has 358 valence electrons. The molecule has 68 heavy (non-hydrogen) atoms. The maximum absolute atomic E-state index is 16.0. The van der Waals surface area contributed by atoms with Crippen molar-refractivity contribution in [2.75, 3.05) is 56.5 Å². The molecule has 0 unspecified atom stereocenters. The number of aromatic nitrogens is 9. The van der Waals surface area contributed by atoms with Crippen molar-refractivity contribution in [1.29, 1.82) is 0 Å². The summed E-state index contributed by atoms with van der Waals surface area (Å²) in [6.45, 7) is 10.7. The number of anilines is 2. The van der Waals surface area contributed by atoms with Gasteiger partial charge in [-0.1, -0.05) is 24.1 Å². The van der Waals surface area contributed by atoms with Crippen LogP contribution < -0.4 is 16.0 Å². The highest BCUT2D eigenvalue weighted by atomic mass is 19.1. The number of hydrogen-bond donors (Lipinski definition) is 2. The lowest BCUT2D eigenvalue weighted by molar-refractivity contribution is -0.120. The zero-order valence-corrected chi connectivity index (χ0v) is 39.2. The van der Waals surface area contributed by atoms with E-state index in [-0.39, 0.29) is 54.1 Å². The summed E-state index contributed by atoms with van der Waals surface area (Å²) >= 11 is 0. The number of fused-ring (bicyclic) bond motifs is 2. The number of rotatable bonds is 13. The lowest BCUT2D eigenvalue weighted by Crippen LogP contribution is -2.49. The SMILES string of the molecule is Cn1nc(N2CCC(=O)NC2=O)c2ccc(C3CCN(CCCCCCOC(=O)N4CCC(c5cnc(-c6c(-c7nn(C(C)(C)C)c8ncnc(N)c78)noc6C6CC6)nc5)CC4)CC3)c(F)c21. The fraction of sp³-hybridized carbons (Fsp3) is 0.542. The molecule has 6 aromatic rings. The van der Waals surface area contributed by atoms with Gasteiger partial charge in [-0.2, -0.15) is 10.2 Å². The van der Waals surface area contributed by atoms with Crippen LogP contribution >= 0.6 is 0 Å². The molecule has 8 heterocycles. The van der Waals surface area contributed by atoms with Crippen LogP contribution in [-0.4, -0.2) is 118 Å². The quantitative estimate of drug-likeness (QED) is 0.108. The third kappa shape index (κ3) is 8.85. The van der Waals surface area contributed by atoms with Crippen LogP contribution in [0.3, 0.4) is 0 Å². The van der Waals surface area contributed by atoms with Gasteiger partial charge in [-0.25, -0.2) is 38.6 Å². The average molecular weight is 931 g/mol. The molecule has 0 atom stereocenters. The molecular weight excluding hydrogens is 872 g/mol. The summed E-state index contributed by atoms with van der Waals surface area (Å²) in [4.78, 5) is 61.3. The maximum atomic E-state index is 16.0. The second-order valence-corrected chi connectivity index (χ2v) is 19.7. The van der Waals surface area contributed by atoms with Gasteiger partial charge < -0.3 is 24.8 Å². The molecule has 1 saturated carbocycles. The smallest absolute Gasteiger partial charge is 0.409 e. The van der Waals surface area contributed by atoms with E-state index in [2.05, 4.69) is 51.2 Å². The van der Waals surface area contributed by atoms with Gasteiger partial charge in [0.1, 0.15) is 29.0 Å². The molecule has 1 aliphatic carbocycles. The Kier molecular flexibility index (Phi) is 12.3. The van der Waals surface area contributed by atoms with Crippen LogP contribution in [-0.2, 0) is 22.1 Å². The Balaban J connectivity index is 0.655. The Morgan fingerprint density at radius 3 is 2.34 bits per heavy atom. The van der Waals surface area contributed by atoms with Crippen molar-refractivity contribution < 1.29 is 28.0 Å². The minimum atomic E-state index is -0.538. The van der Waals surface area contributed by atoms with E-state index in [9.17, 15) is 14.4 Å². The number of hydrogen-bond acceptors (Lipinski definition) is 14. The standard InChI is InChI=1S/C48H59FN14O5/c1-48(2,3)63-45-36(42(50)53-27-54-45)38(56-63)39-35(41(68-58-39)30-9-10-30)43-51-25-31(26-52-43)28-15-21-61(22-16-28)47(66)67-24-8-6-5-7-18-60-19-13-29(14-20-60)32-11-12-33-40(37(32)49)59(4)57-44(33)62-23-17-34(64)55-46(62)65/h11-12,25-30H,5-10,13-24H2,1-4H3,(H2,50,53,54)(H,55,64,65). The lowest BCUT2D eigenvalue weighted by atomic mass is 9.88. The van der Waals surface area contributed by atoms with Gasteiger partial charge in [-0.05, 0) is 121 Å². The molecule has 10 rings (SSSR count). The second-order valence-electron chi connectivity index (χ2n) is 19.7. The molecule has 3 aliphatic heterocycles. The highest BCUT2D eigenvalue weighted by Gasteiger charge is 2.37. The molecule has 1 aromatic carbocycles. The van der Waals surface area contributed by atoms with Gasteiger partial charge in [0, 0.05) is 56.8 Å². The molecule has 19 nitrogen and oxygen atoms in total. The summed E-state index contributed by atoms with van der Waals surface area (Å²) in [5, 5.41) is 17.4. The normalized spacial score (nSPS) is 18.0. The summed E-state index contributed by atoms with van der Waals surface area (Å²) in [5.41, 5.74) is 10.5. The predicted octanol–water partition coefficient (Wildman–Crippen LogP) is 7.38. The molecule has 0 spiro atoms. The largest absolute Gasteiger partial charge is 0.449 e. The highest BCUT2D eigenvalue weighted by molar-refractivity contribution is 6.09. The van der Waals surface area contributed by atoms with Gasteiger partial charge in [-0.15, -0.1) is 0 Å². The van der Waals surface area contributed by atoms with Crippen molar-refractivity contribution in [2.45, 2.75) is 115 Å². The molecule has 3 N–H and O–H groups in total. The fourth-order valence-electron chi connectivity index (χ4n) is 10.1. The Morgan fingerprint density at radius 2 is 1.62 bits per heavy atom. The van der Waals surface area contributed by atoms with Crippen LogP contribution in [0.2, 0.25) is 0 Å². The van der Waals surface area contributed by atoms with Crippen molar-refractivity contribution in [3.8, 4) is 22.8 Å². The zero-order valence-electron chi connectivity index (χ0n) is 39.2. The van der Waals surface area contributed by atoms with E-state index in [0.717, 1.165) is 101 Å². The lowest BCUT2D eigenvalue weighted by Gasteiger charge is -2.32. The van der Waals surface area contributed by atoms with Crippen molar-refractivity contribution in [3.63, 3.8) is 0 Å². The third-order valence-electron chi connectivity index (χ3n) is 14.0. The molecule has 0 radical (unpaired) electrons. The number of ether oxygens (including phenoxy) is 1. The van der Waals surface area contributed by atoms with Crippen LogP contribution in [0.1, 0.15) is 126 Å². The third-order valence-corrected chi connectivity index (χ3v) is 14.0. The van der Waals surface area contributed by atoms with Crippen molar-refractivity contribution in [3.05, 3.63) is 53.6 Å². The van der Waals surface area contributed by atoms with Crippen LogP contribution in [0, 0.1) is 5.82 Å². The number of likely N-dealkylation sites (tertiary alicyclic amines) is 2. The number of piperidine rings is 2. The number of amides is 4. The van der Waals surface area contributed by atoms with Gasteiger partial charge in [0.25, 0.3) is 0 Å². The number of nitrogen functional groups attached to an aromatic ring is 1.